The van der Waals surface area contributed by atoms with E-state index in [4.69, 9.17) is 10.2 Å². The van der Waals surface area contributed by atoms with Crippen molar-refractivity contribution in [2.75, 3.05) is 0 Å². The first kappa shape index (κ1) is 17.2. The molecule has 0 aliphatic rings. The van der Waals surface area contributed by atoms with E-state index in [0.717, 1.165) is 6.07 Å². The maximum Gasteiger partial charge on any atom is 0.354 e. The summed E-state index contributed by atoms with van der Waals surface area (Å²) in [5, 5.41) is 18.0. The van der Waals surface area contributed by atoms with E-state index < -0.39 is 23.6 Å². The van der Waals surface area contributed by atoms with Crippen LogP contribution in [0.1, 0.15) is 21.0 Å². The minimum atomic E-state index is -1.29. The zero-order chi connectivity index (χ0) is 18.8. The van der Waals surface area contributed by atoms with Crippen LogP contribution in [0.4, 0.5) is 8.78 Å². The molecular weight excluding hydrogens is 346 g/mol. The topological polar surface area (TPSA) is 100 Å². The van der Waals surface area contributed by atoms with Crippen molar-refractivity contribution in [1.29, 1.82) is 0 Å². The summed E-state index contributed by atoms with van der Waals surface area (Å²) in [4.78, 5) is 29.7. The van der Waals surface area contributed by atoms with E-state index >= 15 is 0 Å². The molecule has 2 heterocycles. The van der Waals surface area contributed by atoms with Crippen LogP contribution in [0.5, 0.6) is 0 Å². The number of nitrogens with zero attached hydrogens (tertiary/aromatic N) is 2. The molecule has 6 nitrogen and oxygen atoms in total. The molecule has 8 heteroatoms. The summed E-state index contributed by atoms with van der Waals surface area (Å²) in [5.41, 5.74) is -0.854. The minimum Gasteiger partial charge on any atom is -0.477 e. The van der Waals surface area contributed by atoms with Crippen LogP contribution < -0.4 is 0 Å². The highest BCUT2D eigenvalue weighted by atomic mass is 19.1. The summed E-state index contributed by atoms with van der Waals surface area (Å²) in [6, 6.07) is 9.76. The predicted molar refractivity (Wildman–Crippen MR) is 86.7 cm³/mol. The molecule has 1 aromatic carbocycles. The Bertz CT molecular complexity index is 959. The third-order valence-electron chi connectivity index (χ3n) is 3.55. The summed E-state index contributed by atoms with van der Waals surface area (Å²) in [6.07, 6.45) is 0. The van der Waals surface area contributed by atoms with Crippen molar-refractivity contribution >= 4 is 11.9 Å². The van der Waals surface area contributed by atoms with Gasteiger partial charge in [0.15, 0.2) is 0 Å². The van der Waals surface area contributed by atoms with Crippen molar-refractivity contribution in [3.8, 4) is 22.5 Å². The van der Waals surface area contributed by atoms with Gasteiger partial charge in [-0.15, -0.1) is 0 Å². The number of hydrogen-bond acceptors (Lipinski definition) is 4. The van der Waals surface area contributed by atoms with Gasteiger partial charge in [-0.2, -0.15) is 0 Å². The Labute approximate surface area is 145 Å². The van der Waals surface area contributed by atoms with Crippen molar-refractivity contribution in [3.05, 3.63) is 71.6 Å². The van der Waals surface area contributed by atoms with Gasteiger partial charge in [-0.25, -0.2) is 28.3 Å². The Balaban J connectivity index is 2.17. The van der Waals surface area contributed by atoms with Crippen LogP contribution in [0.2, 0.25) is 0 Å². The first-order valence-corrected chi connectivity index (χ1v) is 7.27. The quantitative estimate of drug-likeness (QED) is 0.742. The van der Waals surface area contributed by atoms with Crippen LogP contribution in [-0.4, -0.2) is 32.1 Å². The van der Waals surface area contributed by atoms with Gasteiger partial charge in [0.2, 0.25) is 0 Å². The maximum atomic E-state index is 14.2. The van der Waals surface area contributed by atoms with Crippen LogP contribution in [0.25, 0.3) is 22.5 Å². The average Bonchev–Trinajstić information content (AvgIpc) is 2.62. The van der Waals surface area contributed by atoms with Gasteiger partial charge in [0.1, 0.15) is 23.0 Å². The van der Waals surface area contributed by atoms with Crippen molar-refractivity contribution in [2.45, 2.75) is 0 Å². The lowest BCUT2D eigenvalue weighted by Gasteiger charge is -2.09. The van der Waals surface area contributed by atoms with Gasteiger partial charge in [0.05, 0.1) is 11.4 Å². The SMILES string of the molecule is O=C(O)c1cccc(-c2cc(-c3cccc(C(=O)O)n3)c(F)cc2F)n1. The Morgan fingerprint density at radius 2 is 1.15 bits per heavy atom. The molecule has 0 amide bonds. The number of aromatic carboxylic acids is 2. The van der Waals surface area contributed by atoms with E-state index in [1.807, 2.05) is 0 Å². The van der Waals surface area contributed by atoms with Crippen molar-refractivity contribution in [3.63, 3.8) is 0 Å². The molecule has 3 aromatic rings. The van der Waals surface area contributed by atoms with Crippen molar-refractivity contribution in [1.82, 2.24) is 9.97 Å². The average molecular weight is 356 g/mol. The summed E-state index contributed by atoms with van der Waals surface area (Å²) in [6.45, 7) is 0. The zero-order valence-electron chi connectivity index (χ0n) is 13.0. The minimum absolute atomic E-state index is 0.00182. The smallest absolute Gasteiger partial charge is 0.354 e. The summed E-state index contributed by atoms with van der Waals surface area (Å²) in [5.74, 6) is -4.44. The lowest BCUT2D eigenvalue weighted by Crippen LogP contribution is -2.03. The number of carbonyl (C=O) groups is 2. The van der Waals surface area contributed by atoms with Crippen LogP contribution in [0.15, 0.2) is 48.5 Å². The molecule has 0 fully saturated rings. The molecule has 0 unspecified atom stereocenters. The summed E-state index contributed by atoms with van der Waals surface area (Å²) >= 11 is 0. The maximum absolute atomic E-state index is 14.2. The number of carboxylic acids is 2. The Morgan fingerprint density at radius 3 is 1.54 bits per heavy atom. The van der Waals surface area contributed by atoms with E-state index in [-0.39, 0.29) is 33.9 Å². The predicted octanol–water partition coefficient (Wildman–Crippen LogP) is 3.49. The summed E-state index contributed by atoms with van der Waals surface area (Å²) in [7, 11) is 0. The highest BCUT2D eigenvalue weighted by Crippen LogP contribution is 2.30. The van der Waals surface area contributed by atoms with E-state index in [2.05, 4.69) is 9.97 Å². The van der Waals surface area contributed by atoms with Gasteiger partial charge in [0.25, 0.3) is 0 Å². The normalized spacial score (nSPS) is 10.5. The molecular formula is C18H10F2N2O4. The van der Waals surface area contributed by atoms with Gasteiger partial charge in [-0.3, -0.25) is 0 Å². The van der Waals surface area contributed by atoms with Gasteiger partial charge in [0, 0.05) is 17.2 Å². The molecule has 2 N–H and O–H groups in total. The zero-order valence-corrected chi connectivity index (χ0v) is 13.0. The number of hydrogen-bond donors (Lipinski definition) is 2. The molecule has 0 saturated carbocycles. The third kappa shape index (κ3) is 3.25. The lowest BCUT2D eigenvalue weighted by atomic mass is 10.0. The summed E-state index contributed by atoms with van der Waals surface area (Å²) < 4.78 is 28.5. The van der Waals surface area contributed by atoms with Crippen LogP contribution in [0, 0.1) is 11.6 Å². The molecule has 0 bridgehead atoms. The van der Waals surface area contributed by atoms with Crippen LogP contribution in [0.3, 0.4) is 0 Å². The molecule has 2 aromatic heterocycles. The molecule has 0 atom stereocenters. The Kier molecular flexibility index (Phi) is 4.40. The highest BCUT2D eigenvalue weighted by molar-refractivity contribution is 5.87. The highest BCUT2D eigenvalue weighted by Gasteiger charge is 2.17. The largest absolute Gasteiger partial charge is 0.477 e. The molecule has 3 rings (SSSR count). The molecule has 130 valence electrons. The number of aromatic nitrogens is 2. The fourth-order valence-electron chi connectivity index (χ4n) is 2.35. The molecule has 0 aliphatic carbocycles. The molecule has 0 spiro atoms. The van der Waals surface area contributed by atoms with Gasteiger partial charge in [-0.1, -0.05) is 12.1 Å². The van der Waals surface area contributed by atoms with E-state index in [1.54, 1.807) is 0 Å². The van der Waals surface area contributed by atoms with Crippen molar-refractivity contribution in [2.24, 2.45) is 0 Å². The Morgan fingerprint density at radius 1 is 0.731 bits per heavy atom. The van der Waals surface area contributed by atoms with E-state index in [0.29, 0.717) is 6.07 Å². The van der Waals surface area contributed by atoms with Crippen LogP contribution in [-0.2, 0) is 0 Å². The molecule has 0 saturated heterocycles. The number of pyridine rings is 2. The Hall–Kier alpha value is -3.68. The lowest BCUT2D eigenvalue weighted by molar-refractivity contribution is 0.0680. The second kappa shape index (κ2) is 6.67. The first-order valence-electron chi connectivity index (χ1n) is 7.27. The van der Waals surface area contributed by atoms with E-state index in [1.165, 1.54) is 36.4 Å². The monoisotopic (exact) mass is 356 g/mol. The van der Waals surface area contributed by atoms with Crippen molar-refractivity contribution < 1.29 is 28.6 Å². The number of carboxylic acid groups (broad SMARTS) is 2. The van der Waals surface area contributed by atoms with Gasteiger partial charge >= 0.3 is 11.9 Å². The first-order chi connectivity index (χ1) is 12.4. The molecule has 26 heavy (non-hydrogen) atoms. The standard InChI is InChI=1S/C18H10F2N2O4/c19-11-8-12(20)10(14-4-2-6-16(22-14)18(25)26)7-9(11)13-3-1-5-15(21-13)17(23)24/h1-8H,(H,23,24)(H,25,26). The third-order valence-corrected chi connectivity index (χ3v) is 3.55. The van der Waals surface area contributed by atoms with Crippen LogP contribution >= 0.6 is 0 Å². The van der Waals surface area contributed by atoms with E-state index in [9.17, 15) is 18.4 Å². The fourth-order valence-corrected chi connectivity index (χ4v) is 2.35. The number of benzene rings is 1. The second-order valence-electron chi connectivity index (χ2n) is 5.24. The molecule has 0 aliphatic heterocycles. The number of rotatable bonds is 4. The van der Waals surface area contributed by atoms with Gasteiger partial charge in [-0.05, 0) is 30.3 Å². The number of halogens is 2. The van der Waals surface area contributed by atoms with Gasteiger partial charge < -0.3 is 10.2 Å². The fraction of sp³-hybridized carbons (Fsp3) is 0. The molecule has 0 radical (unpaired) electrons. The second-order valence-corrected chi connectivity index (χ2v) is 5.24.